The third kappa shape index (κ3) is 4.95. The Balaban J connectivity index is 2.54. The standard InChI is InChI=1S/C11H18ClNO2S2/c1-4-17(14,15)7-8(2)13-9(3)10-5-6-11(12)16-10/h5-6,8-9,13H,4,7H2,1-3H3. The zero-order valence-corrected chi connectivity index (χ0v) is 12.6. The highest BCUT2D eigenvalue weighted by Gasteiger charge is 2.16. The Labute approximate surface area is 112 Å². The first-order valence-corrected chi connectivity index (χ1v) is 8.57. The van der Waals surface area contributed by atoms with Gasteiger partial charge in [-0.3, -0.25) is 0 Å². The average Bonchev–Trinajstić information content (AvgIpc) is 2.64. The minimum Gasteiger partial charge on any atom is -0.306 e. The molecule has 6 heteroatoms. The number of hydrogen-bond acceptors (Lipinski definition) is 4. The molecule has 2 atom stereocenters. The van der Waals surface area contributed by atoms with E-state index < -0.39 is 9.84 Å². The van der Waals surface area contributed by atoms with Crippen molar-refractivity contribution in [1.82, 2.24) is 5.32 Å². The van der Waals surface area contributed by atoms with Gasteiger partial charge in [-0.2, -0.15) is 0 Å². The molecule has 0 aromatic carbocycles. The fourth-order valence-electron chi connectivity index (χ4n) is 1.62. The maximum absolute atomic E-state index is 11.5. The first-order chi connectivity index (χ1) is 7.84. The van der Waals surface area contributed by atoms with Crippen LogP contribution in [0.1, 0.15) is 31.7 Å². The normalized spacial score (nSPS) is 15.8. The van der Waals surface area contributed by atoms with Gasteiger partial charge in [0, 0.05) is 22.7 Å². The summed E-state index contributed by atoms with van der Waals surface area (Å²) in [6.07, 6.45) is 0. The summed E-state index contributed by atoms with van der Waals surface area (Å²) >= 11 is 7.38. The summed E-state index contributed by atoms with van der Waals surface area (Å²) in [7, 11) is -2.93. The van der Waals surface area contributed by atoms with Crippen LogP contribution in [0.2, 0.25) is 4.34 Å². The van der Waals surface area contributed by atoms with E-state index in [-0.39, 0.29) is 23.6 Å². The minimum absolute atomic E-state index is 0.0594. The van der Waals surface area contributed by atoms with E-state index in [1.165, 1.54) is 11.3 Å². The van der Waals surface area contributed by atoms with E-state index in [2.05, 4.69) is 5.32 Å². The Bertz CT molecular complexity index is 456. The lowest BCUT2D eigenvalue weighted by atomic mass is 10.2. The van der Waals surface area contributed by atoms with Gasteiger partial charge in [0.25, 0.3) is 0 Å². The highest BCUT2D eigenvalue weighted by atomic mass is 35.5. The van der Waals surface area contributed by atoms with Gasteiger partial charge >= 0.3 is 0 Å². The van der Waals surface area contributed by atoms with Gasteiger partial charge in [0.2, 0.25) is 0 Å². The summed E-state index contributed by atoms with van der Waals surface area (Å²) in [4.78, 5) is 1.12. The number of hydrogen-bond donors (Lipinski definition) is 1. The average molecular weight is 296 g/mol. The molecule has 1 aromatic heterocycles. The van der Waals surface area contributed by atoms with Crippen molar-refractivity contribution >= 4 is 32.8 Å². The molecule has 0 aliphatic carbocycles. The van der Waals surface area contributed by atoms with E-state index in [0.717, 1.165) is 9.21 Å². The Morgan fingerprint density at radius 1 is 1.41 bits per heavy atom. The molecular formula is C11H18ClNO2S2. The molecule has 2 unspecified atom stereocenters. The van der Waals surface area contributed by atoms with E-state index in [1.54, 1.807) is 6.92 Å². The molecule has 1 N–H and O–H groups in total. The quantitative estimate of drug-likeness (QED) is 0.878. The van der Waals surface area contributed by atoms with Gasteiger partial charge in [0.15, 0.2) is 9.84 Å². The molecule has 0 bridgehead atoms. The van der Waals surface area contributed by atoms with Crippen molar-refractivity contribution in [1.29, 1.82) is 0 Å². The van der Waals surface area contributed by atoms with Crippen molar-refractivity contribution in [2.45, 2.75) is 32.9 Å². The predicted molar refractivity (Wildman–Crippen MR) is 74.7 cm³/mol. The molecular weight excluding hydrogens is 278 g/mol. The largest absolute Gasteiger partial charge is 0.306 e. The summed E-state index contributed by atoms with van der Waals surface area (Å²) in [5.41, 5.74) is 0. The fraction of sp³-hybridized carbons (Fsp3) is 0.636. The lowest BCUT2D eigenvalue weighted by Crippen LogP contribution is -2.35. The van der Waals surface area contributed by atoms with Crippen LogP contribution in [-0.2, 0) is 9.84 Å². The molecule has 0 aliphatic heterocycles. The second-order valence-corrected chi connectivity index (χ2v) is 8.27. The van der Waals surface area contributed by atoms with Gasteiger partial charge in [-0.1, -0.05) is 18.5 Å². The smallest absolute Gasteiger partial charge is 0.151 e. The Morgan fingerprint density at radius 3 is 2.53 bits per heavy atom. The lowest BCUT2D eigenvalue weighted by Gasteiger charge is -2.18. The van der Waals surface area contributed by atoms with E-state index in [0.29, 0.717) is 0 Å². The third-order valence-corrected chi connectivity index (χ3v) is 5.80. The van der Waals surface area contributed by atoms with Crippen molar-refractivity contribution < 1.29 is 8.42 Å². The molecule has 1 rings (SSSR count). The van der Waals surface area contributed by atoms with Crippen LogP contribution in [0, 0.1) is 0 Å². The minimum atomic E-state index is -2.93. The molecule has 1 heterocycles. The SMILES string of the molecule is CCS(=O)(=O)CC(C)NC(C)c1ccc(Cl)s1. The van der Waals surface area contributed by atoms with Crippen LogP contribution in [0.4, 0.5) is 0 Å². The van der Waals surface area contributed by atoms with Crippen LogP contribution in [0.3, 0.4) is 0 Å². The van der Waals surface area contributed by atoms with Crippen molar-refractivity contribution in [3.8, 4) is 0 Å². The van der Waals surface area contributed by atoms with Crippen molar-refractivity contribution in [3.63, 3.8) is 0 Å². The summed E-state index contributed by atoms with van der Waals surface area (Å²) in [6, 6.07) is 3.88. The molecule has 17 heavy (non-hydrogen) atoms. The van der Waals surface area contributed by atoms with E-state index in [4.69, 9.17) is 11.6 Å². The van der Waals surface area contributed by atoms with Gasteiger partial charge in [-0.15, -0.1) is 11.3 Å². The number of sulfone groups is 1. The molecule has 1 aromatic rings. The molecule has 0 saturated carbocycles. The number of thiophene rings is 1. The zero-order valence-electron chi connectivity index (χ0n) is 10.2. The van der Waals surface area contributed by atoms with Crippen LogP contribution < -0.4 is 5.32 Å². The van der Waals surface area contributed by atoms with Crippen LogP contribution in [-0.4, -0.2) is 26.0 Å². The first-order valence-electron chi connectivity index (χ1n) is 5.55. The monoisotopic (exact) mass is 295 g/mol. The number of nitrogens with one attached hydrogen (secondary N) is 1. The van der Waals surface area contributed by atoms with E-state index in [9.17, 15) is 8.42 Å². The van der Waals surface area contributed by atoms with Crippen LogP contribution in [0.15, 0.2) is 12.1 Å². The Hall–Kier alpha value is -0.100. The lowest BCUT2D eigenvalue weighted by molar-refractivity contribution is 0.504. The number of halogens is 1. The summed E-state index contributed by atoms with van der Waals surface area (Å²) in [5.74, 6) is 0.366. The van der Waals surface area contributed by atoms with Crippen LogP contribution >= 0.6 is 22.9 Å². The fourth-order valence-corrected chi connectivity index (χ4v) is 3.78. The van der Waals surface area contributed by atoms with Crippen molar-refractivity contribution in [3.05, 3.63) is 21.3 Å². The second-order valence-electron chi connectivity index (χ2n) is 4.13. The number of rotatable bonds is 6. The van der Waals surface area contributed by atoms with Gasteiger partial charge in [-0.05, 0) is 26.0 Å². The van der Waals surface area contributed by atoms with E-state index in [1.807, 2.05) is 26.0 Å². The Kier molecular flexibility index (Phi) is 5.44. The molecule has 98 valence electrons. The summed E-state index contributed by atoms with van der Waals surface area (Å²) < 4.78 is 23.7. The molecule has 0 fully saturated rings. The van der Waals surface area contributed by atoms with Gasteiger partial charge < -0.3 is 5.32 Å². The van der Waals surface area contributed by atoms with E-state index >= 15 is 0 Å². The zero-order chi connectivity index (χ0) is 13.1. The maximum Gasteiger partial charge on any atom is 0.151 e. The van der Waals surface area contributed by atoms with Crippen molar-refractivity contribution in [2.75, 3.05) is 11.5 Å². The molecule has 3 nitrogen and oxygen atoms in total. The first kappa shape index (κ1) is 15.0. The highest BCUT2D eigenvalue weighted by Crippen LogP contribution is 2.26. The van der Waals surface area contributed by atoms with Crippen LogP contribution in [0.25, 0.3) is 0 Å². The summed E-state index contributed by atoms with van der Waals surface area (Å²) in [5, 5.41) is 3.27. The highest BCUT2D eigenvalue weighted by molar-refractivity contribution is 7.91. The molecule has 0 saturated heterocycles. The molecule has 0 aliphatic rings. The molecule has 0 radical (unpaired) electrons. The van der Waals surface area contributed by atoms with Gasteiger partial charge in [-0.25, -0.2) is 8.42 Å². The maximum atomic E-state index is 11.5. The van der Waals surface area contributed by atoms with Crippen molar-refractivity contribution in [2.24, 2.45) is 0 Å². The Morgan fingerprint density at radius 2 is 2.06 bits per heavy atom. The third-order valence-electron chi connectivity index (χ3n) is 2.50. The van der Waals surface area contributed by atoms with Crippen LogP contribution in [0.5, 0.6) is 0 Å². The second kappa shape index (κ2) is 6.18. The van der Waals surface area contributed by atoms with Gasteiger partial charge in [0.05, 0.1) is 10.1 Å². The van der Waals surface area contributed by atoms with Gasteiger partial charge in [0.1, 0.15) is 0 Å². The molecule has 0 amide bonds. The molecule has 0 spiro atoms. The predicted octanol–water partition coefficient (Wildman–Crippen LogP) is 2.88. The summed E-state index contributed by atoms with van der Waals surface area (Å²) in [6.45, 7) is 5.57. The topological polar surface area (TPSA) is 46.2 Å².